The number of hydrogen-bond donors (Lipinski definition) is 1. The highest BCUT2D eigenvalue weighted by Gasteiger charge is 2.23. The van der Waals surface area contributed by atoms with Crippen molar-refractivity contribution in [2.75, 3.05) is 45.7 Å². The van der Waals surface area contributed by atoms with Gasteiger partial charge in [0.25, 0.3) is 5.91 Å². The number of ether oxygens (including phenoxy) is 2. The van der Waals surface area contributed by atoms with Crippen molar-refractivity contribution in [2.45, 2.75) is 19.6 Å². The molecule has 2 aromatic heterocycles. The maximum atomic E-state index is 13.2. The minimum Gasteiger partial charge on any atom is -0.487 e. The summed E-state index contributed by atoms with van der Waals surface area (Å²) < 4.78 is 10.8. The Hall–Kier alpha value is -4.40. The second-order valence-corrected chi connectivity index (χ2v) is 9.10. The standard InChI is InChI=1S/C27H28N6O5/c1-17(16-37-3)38-23-10-24(29-12-20(23)11-28)31-27(36)21-6-4-5-18-9-19(22(15-34)30-26(18)21)13-33-8-7-32(2)14-25(33)35/h4-6,9-10,12,15,17H,7-8,13-14,16H2,1-3H3,(H,29,31,36). The Bertz CT molecular complexity index is 1420. The van der Waals surface area contributed by atoms with Gasteiger partial charge in [-0.2, -0.15) is 5.26 Å². The molecule has 3 heterocycles. The summed E-state index contributed by atoms with van der Waals surface area (Å²) in [7, 11) is 3.44. The van der Waals surface area contributed by atoms with Crippen LogP contribution in [0, 0.1) is 11.3 Å². The lowest BCUT2D eigenvalue weighted by atomic mass is 10.0. The number of benzene rings is 1. The van der Waals surface area contributed by atoms with E-state index < -0.39 is 5.91 Å². The van der Waals surface area contributed by atoms with Gasteiger partial charge in [0.05, 0.1) is 30.4 Å². The summed E-state index contributed by atoms with van der Waals surface area (Å²) in [6, 6.07) is 10.4. The zero-order valence-electron chi connectivity index (χ0n) is 21.4. The summed E-state index contributed by atoms with van der Waals surface area (Å²) in [4.78, 5) is 49.9. The van der Waals surface area contributed by atoms with Crippen LogP contribution in [0.5, 0.6) is 5.75 Å². The van der Waals surface area contributed by atoms with E-state index >= 15 is 0 Å². The van der Waals surface area contributed by atoms with E-state index in [0.717, 1.165) is 6.54 Å². The first-order valence-electron chi connectivity index (χ1n) is 12.0. The first-order valence-corrected chi connectivity index (χ1v) is 12.0. The van der Waals surface area contributed by atoms with Crippen molar-refractivity contribution in [3.63, 3.8) is 0 Å². The molecule has 1 aliphatic rings. The van der Waals surface area contributed by atoms with Crippen molar-refractivity contribution in [1.29, 1.82) is 5.26 Å². The summed E-state index contributed by atoms with van der Waals surface area (Å²) in [5.74, 6) is -0.0510. The Morgan fingerprint density at radius 1 is 1.32 bits per heavy atom. The van der Waals surface area contributed by atoms with Crippen LogP contribution >= 0.6 is 0 Å². The number of carbonyl (C=O) groups is 3. The summed E-state index contributed by atoms with van der Waals surface area (Å²) in [6.45, 7) is 4.00. The summed E-state index contributed by atoms with van der Waals surface area (Å²) in [5.41, 5.74) is 1.60. The van der Waals surface area contributed by atoms with Crippen LogP contribution in [-0.4, -0.2) is 84.4 Å². The monoisotopic (exact) mass is 516 g/mol. The lowest BCUT2D eigenvalue weighted by Gasteiger charge is -2.32. The van der Waals surface area contributed by atoms with Gasteiger partial charge in [0, 0.05) is 43.8 Å². The van der Waals surface area contributed by atoms with Gasteiger partial charge in [-0.3, -0.25) is 19.3 Å². The Morgan fingerprint density at radius 2 is 2.13 bits per heavy atom. The van der Waals surface area contributed by atoms with Gasteiger partial charge in [0.15, 0.2) is 6.29 Å². The fourth-order valence-electron chi connectivity index (χ4n) is 4.22. The summed E-state index contributed by atoms with van der Waals surface area (Å²) in [5, 5.41) is 12.8. The molecular weight excluding hydrogens is 488 g/mol. The predicted molar refractivity (Wildman–Crippen MR) is 139 cm³/mol. The highest BCUT2D eigenvalue weighted by atomic mass is 16.5. The first kappa shape index (κ1) is 26.7. The highest BCUT2D eigenvalue weighted by molar-refractivity contribution is 6.12. The lowest BCUT2D eigenvalue weighted by Crippen LogP contribution is -2.48. The van der Waals surface area contributed by atoms with Crippen molar-refractivity contribution in [1.82, 2.24) is 19.8 Å². The van der Waals surface area contributed by atoms with Gasteiger partial charge in [0.1, 0.15) is 35.0 Å². The number of amides is 2. The van der Waals surface area contributed by atoms with E-state index in [4.69, 9.17) is 9.47 Å². The number of fused-ring (bicyclic) bond motifs is 1. The number of para-hydroxylation sites is 1. The summed E-state index contributed by atoms with van der Waals surface area (Å²) in [6.07, 6.45) is 1.64. The van der Waals surface area contributed by atoms with Gasteiger partial charge in [-0.05, 0) is 26.1 Å². The molecule has 4 rings (SSSR count). The third-order valence-electron chi connectivity index (χ3n) is 6.14. The van der Waals surface area contributed by atoms with Crippen molar-refractivity contribution < 1.29 is 23.9 Å². The topological polar surface area (TPSA) is 138 Å². The fourth-order valence-corrected chi connectivity index (χ4v) is 4.22. The van der Waals surface area contributed by atoms with Crippen LogP contribution in [0.1, 0.15) is 38.9 Å². The molecule has 3 aromatic rings. The largest absolute Gasteiger partial charge is 0.487 e. The molecular formula is C27H28N6O5. The van der Waals surface area contributed by atoms with Crippen LogP contribution in [0.2, 0.25) is 0 Å². The SMILES string of the molecule is COCC(C)Oc1cc(NC(=O)c2cccc3cc(CN4CCN(C)CC4=O)c(C=O)nc23)ncc1C#N. The van der Waals surface area contributed by atoms with Crippen molar-refractivity contribution in [2.24, 2.45) is 0 Å². The number of rotatable bonds is 9. The Labute approximate surface area is 220 Å². The number of aldehydes is 1. The number of carbonyl (C=O) groups excluding carboxylic acids is 3. The van der Waals surface area contributed by atoms with Gasteiger partial charge >= 0.3 is 0 Å². The Kier molecular flexibility index (Phi) is 8.25. The molecule has 1 N–H and O–H groups in total. The molecule has 1 fully saturated rings. The van der Waals surface area contributed by atoms with Crippen LogP contribution in [0.3, 0.4) is 0 Å². The van der Waals surface area contributed by atoms with Gasteiger partial charge in [0.2, 0.25) is 5.91 Å². The van der Waals surface area contributed by atoms with E-state index in [1.54, 1.807) is 43.2 Å². The number of likely N-dealkylation sites (N-methyl/N-ethyl adjacent to an activating group) is 1. The van der Waals surface area contributed by atoms with Crippen LogP contribution in [0.25, 0.3) is 10.9 Å². The molecule has 1 saturated heterocycles. The van der Waals surface area contributed by atoms with Crippen LogP contribution in [-0.2, 0) is 16.1 Å². The number of methoxy groups -OCH3 is 1. The first-order chi connectivity index (χ1) is 18.3. The molecule has 1 unspecified atom stereocenters. The van der Waals surface area contributed by atoms with Crippen LogP contribution in [0.4, 0.5) is 5.82 Å². The van der Waals surface area contributed by atoms with Gasteiger partial charge < -0.3 is 19.7 Å². The second kappa shape index (κ2) is 11.8. The van der Waals surface area contributed by atoms with Crippen molar-refractivity contribution in [3.05, 3.63) is 58.9 Å². The van der Waals surface area contributed by atoms with E-state index in [0.29, 0.717) is 42.4 Å². The maximum Gasteiger partial charge on any atom is 0.259 e. The fraction of sp³-hybridized carbons (Fsp3) is 0.333. The molecule has 0 spiro atoms. The number of hydrogen-bond acceptors (Lipinski definition) is 9. The van der Waals surface area contributed by atoms with Gasteiger partial charge in [-0.15, -0.1) is 0 Å². The van der Waals surface area contributed by atoms with Gasteiger partial charge in [-0.1, -0.05) is 12.1 Å². The molecule has 2 amide bonds. The number of nitrogens with one attached hydrogen (secondary N) is 1. The number of pyridine rings is 2. The molecule has 196 valence electrons. The minimum absolute atomic E-state index is 0.0151. The lowest BCUT2D eigenvalue weighted by molar-refractivity contribution is -0.136. The Balaban J connectivity index is 1.60. The predicted octanol–water partition coefficient (Wildman–Crippen LogP) is 2.25. The van der Waals surface area contributed by atoms with E-state index in [1.807, 2.05) is 18.0 Å². The average molecular weight is 517 g/mol. The van der Waals surface area contributed by atoms with Crippen molar-refractivity contribution in [3.8, 4) is 11.8 Å². The zero-order valence-corrected chi connectivity index (χ0v) is 21.4. The quantitative estimate of drug-likeness (QED) is 0.424. The zero-order chi connectivity index (χ0) is 27.2. The number of nitrogens with zero attached hydrogens (tertiary/aromatic N) is 5. The number of piperazine rings is 1. The minimum atomic E-state index is -0.491. The molecule has 1 aliphatic heterocycles. The van der Waals surface area contributed by atoms with Gasteiger partial charge in [-0.25, -0.2) is 9.97 Å². The Morgan fingerprint density at radius 3 is 2.84 bits per heavy atom. The smallest absolute Gasteiger partial charge is 0.259 e. The van der Waals surface area contributed by atoms with Crippen molar-refractivity contribution >= 4 is 34.8 Å². The molecule has 0 bridgehead atoms. The van der Waals surface area contributed by atoms with E-state index in [1.165, 1.54) is 12.3 Å². The number of anilines is 1. The van der Waals surface area contributed by atoms with Crippen LogP contribution < -0.4 is 10.1 Å². The van der Waals surface area contributed by atoms with Crippen LogP contribution in [0.15, 0.2) is 36.5 Å². The highest BCUT2D eigenvalue weighted by Crippen LogP contribution is 2.25. The number of nitriles is 1. The molecule has 0 aliphatic carbocycles. The number of aromatic nitrogens is 2. The third kappa shape index (κ3) is 5.94. The van der Waals surface area contributed by atoms with E-state index in [-0.39, 0.29) is 46.9 Å². The molecule has 38 heavy (non-hydrogen) atoms. The maximum absolute atomic E-state index is 13.2. The molecule has 1 aromatic carbocycles. The summed E-state index contributed by atoms with van der Waals surface area (Å²) >= 11 is 0. The van der Waals surface area contributed by atoms with E-state index in [2.05, 4.69) is 15.3 Å². The molecule has 0 saturated carbocycles. The van der Waals surface area contributed by atoms with E-state index in [9.17, 15) is 19.6 Å². The molecule has 0 radical (unpaired) electrons. The normalized spacial score (nSPS) is 14.7. The molecule has 11 nitrogen and oxygen atoms in total. The molecule has 11 heteroatoms. The molecule has 1 atom stereocenters. The third-order valence-corrected chi connectivity index (χ3v) is 6.14. The average Bonchev–Trinajstić information content (AvgIpc) is 2.89. The second-order valence-electron chi connectivity index (χ2n) is 9.10.